The standard InChI is InChI=1S/C33H20ClN3/c34-33-36-31(27-16-12-21-6-1-2-8-23(21)19-27)35-32(37-33)28-17-14-24-18-26(15-13-25(24)20-28)30-11-5-9-22-7-3-4-10-29(22)30/h1-20H/i13D,14D,15D,17D,18D,20D. The largest absolute Gasteiger partial charge is 0.226 e. The lowest BCUT2D eigenvalue weighted by atomic mass is 9.96. The van der Waals surface area contributed by atoms with Crippen LogP contribution in [0.25, 0.3) is 66.2 Å². The Morgan fingerprint density at radius 2 is 1.16 bits per heavy atom. The van der Waals surface area contributed by atoms with Gasteiger partial charge in [0.2, 0.25) is 5.28 Å². The minimum atomic E-state index is -0.376. The Morgan fingerprint density at radius 1 is 0.514 bits per heavy atom. The zero-order chi connectivity index (χ0) is 30.0. The fourth-order valence-electron chi connectivity index (χ4n) is 4.48. The normalized spacial score (nSPS) is 13.6. The molecule has 0 saturated carbocycles. The van der Waals surface area contributed by atoms with Crippen LogP contribution in [-0.2, 0) is 0 Å². The Morgan fingerprint density at radius 3 is 2.00 bits per heavy atom. The van der Waals surface area contributed by atoms with E-state index >= 15 is 0 Å². The van der Waals surface area contributed by atoms with E-state index in [0.717, 1.165) is 21.5 Å². The second kappa shape index (κ2) is 8.81. The first-order valence-electron chi connectivity index (χ1n) is 14.7. The van der Waals surface area contributed by atoms with Crippen LogP contribution in [-0.4, -0.2) is 15.0 Å². The second-order valence-electron chi connectivity index (χ2n) is 8.59. The van der Waals surface area contributed by atoms with Crippen LogP contribution in [0.2, 0.25) is 5.28 Å². The summed E-state index contributed by atoms with van der Waals surface area (Å²) < 4.78 is 53.8. The maximum atomic E-state index is 9.09. The van der Waals surface area contributed by atoms with Gasteiger partial charge in [-0.15, -0.1) is 0 Å². The van der Waals surface area contributed by atoms with Gasteiger partial charge in [-0.3, -0.25) is 0 Å². The summed E-state index contributed by atoms with van der Waals surface area (Å²) in [6.45, 7) is 0. The maximum absolute atomic E-state index is 9.09. The molecular weight excluding hydrogens is 474 g/mol. The van der Waals surface area contributed by atoms with E-state index in [-0.39, 0.29) is 75.1 Å². The van der Waals surface area contributed by atoms with Gasteiger partial charge in [-0.25, -0.2) is 4.98 Å². The van der Waals surface area contributed by atoms with Gasteiger partial charge in [-0.05, 0) is 73.2 Å². The molecule has 0 saturated heterocycles. The van der Waals surface area contributed by atoms with E-state index in [1.807, 2.05) is 78.9 Å². The smallest absolute Gasteiger partial charge is 0.208 e. The van der Waals surface area contributed by atoms with Gasteiger partial charge < -0.3 is 0 Å². The Labute approximate surface area is 227 Å². The number of halogens is 1. The summed E-state index contributed by atoms with van der Waals surface area (Å²) >= 11 is 6.32. The highest BCUT2D eigenvalue weighted by atomic mass is 35.5. The summed E-state index contributed by atoms with van der Waals surface area (Å²) in [5, 5.41) is 3.42. The van der Waals surface area contributed by atoms with Crippen molar-refractivity contribution in [3.8, 4) is 33.9 Å². The SMILES string of the molecule is [2H]c1c(-c2cccc3ccccc23)c([2H])c2c([2H])c([2H])c(-c3nc(Cl)nc(-c4ccc5ccccc5c4)n3)c([2H])c2c1[2H]. The quantitative estimate of drug-likeness (QED) is 0.243. The Balaban J connectivity index is 1.48. The minimum absolute atomic E-state index is 0.0439. The maximum Gasteiger partial charge on any atom is 0.226 e. The summed E-state index contributed by atoms with van der Waals surface area (Å²) in [4.78, 5) is 13.0. The van der Waals surface area contributed by atoms with Crippen molar-refractivity contribution >= 4 is 43.9 Å². The molecule has 0 aliphatic carbocycles. The minimum Gasteiger partial charge on any atom is -0.208 e. The van der Waals surface area contributed by atoms with Crippen LogP contribution in [0.1, 0.15) is 8.22 Å². The Bertz CT molecular complexity index is 2280. The third-order valence-corrected chi connectivity index (χ3v) is 6.44. The molecule has 1 heterocycles. The monoisotopic (exact) mass is 499 g/mol. The third kappa shape index (κ3) is 4.00. The van der Waals surface area contributed by atoms with E-state index in [4.69, 9.17) is 19.8 Å². The molecule has 1 aromatic heterocycles. The number of nitrogens with zero attached hydrogens (tertiary/aromatic N) is 3. The van der Waals surface area contributed by atoms with Crippen LogP contribution < -0.4 is 0 Å². The van der Waals surface area contributed by atoms with Crippen molar-refractivity contribution in [1.82, 2.24) is 15.0 Å². The number of hydrogen-bond donors (Lipinski definition) is 0. The highest BCUT2D eigenvalue weighted by molar-refractivity contribution is 6.28. The fourth-order valence-corrected chi connectivity index (χ4v) is 4.64. The first-order valence-corrected chi connectivity index (χ1v) is 12.0. The van der Waals surface area contributed by atoms with Gasteiger partial charge in [0.05, 0.1) is 8.22 Å². The van der Waals surface area contributed by atoms with Crippen molar-refractivity contribution in [2.75, 3.05) is 0 Å². The molecule has 0 bridgehead atoms. The van der Waals surface area contributed by atoms with E-state index in [9.17, 15) is 0 Å². The molecule has 0 aliphatic rings. The van der Waals surface area contributed by atoms with Gasteiger partial charge in [0.15, 0.2) is 11.6 Å². The van der Waals surface area contributed by atoms with Crippen LogP contribution in [0, 0.1) is 0 Å². The molecule has 0 N–H and O–H groups in total. The molecule has 4 heteroatoms. The zero-order valence-corrected chi connectivity index (χ0v) is 20.1. The number of rotatable bonds is 3. The molecule has 0 radical (unpaired) electrons. The van der Waals surface area contributed by atoms with E-state index in [0.29, 0.717) is 11.1 Å². The first-order chi connectivity index (χ1) is 20.7. The van der Waals surface area contributed by atoms with Gasteiger partial charge in [0.1, 0.15) is 0 Å². The summed E-state index contributed by atoms with van der Waals surface area (Å²) in [6, 6.07) is 24.8. The first kappa shape index (κ1) is 16.2. The van der Waals surface area contributed by atoms with Crippen LogP contribution in [0.3, 0.4) is 0 Å². The molecule has 6 aromatic carbocycles. The fraction of sp³-hybridized carbons (Fsp3) is 0. The van der Waals surface area contributed by atoms with Crippen LogP contribution >= 0.6 is 11.6 Å². The van der Waals surface area contributed by atoms with Crippen molar-refractivity contribution < 1.29 is 8.22 Å². The molecule has 0 aliphatic heterocycles. The second-order valence-corrected chi connectivity index (χ2v) is 8.93. The molecule has 0 spiro atoms. The van der Waals surface area contributed by atoms with Gasteiger partial charge in [-0.1, -0.05) is 103 Å². The van der Waals surface area contributed by atoms with Crippen molar-refractivity contribution in [3.05, 3.63) is 126 Å². The molecule has 0 amide bonds. The van der Waals surface area contributed by atoms with E-state index < -0.39 is 0 Å². The lowest BCUT2D eigenvalue weighted by molar-refractivity contribution is 1.07. The lowest BCUT2D eigenvalue weighted by Crippen LogP contribution is -1.97. The van der Waals surface area contributed by atoms with Gasteiger partial charge in [0.25, 0.3) is 0 Å². The summed E-state index contributed by atoms with van der Waals surface area (Å²) in [6.07, 6.45) is 0. The Kier molecular flexibility index (Phi) is 3.86. The zero-order valence-electron chi connectivity index (χ0n) is 25.3. The molecule has 37 heavy (non-hydrogen) atoms. The predicted octanol–water partition coefficient (Wildman–Crippen LogP) is 8.99. The predicted molar refractivity (Wildman–Crippen MR) is 154 cm³/mol. The summed E-state index contributed by atoms with van der Waals surface area (Å²) in [5.41, 5.74) is 1.29. The topological polar surface area (TPSA) is 38.7 Å². The molecule has 3 nitrogen and oxygen atoms in total. The molecule has 7 aromatic rings. The van der Waals surface area contributed by atoms with Crippen LogP contribution in [0.4, 0.5) is 0 Å². The summed E-state index contributed by atoms with van der Waals surface area (Å²) in [5.74, 6) is 0.134. The van der Waals surface area contributed by atoms with E-state index in [2.05, 4.69) is 15.0 Å². The van der Waals surface area contributed by atoms with Gasteiger partial charge in [0, 0.05) is 11.1 Å². The average Bonchev–Trinajstić information content (AvgIpc) is 3.01. The number of aromatic nitrogens is 3. The number of benzene rings is 6. The highest BCUT2D eigenvalue weighted by Crippen LogP contribution is 2.32. The van der Waals surface area contributed by atoms with Crippen LogP contribution in [0.5, 0.6) is 0 Å². The number of hydrogen-bond acceptors (Lipinski definition) is 3. The highest BCUT2D eigenvalue weighted by Gasteiger charge is 2.11. The molecular formula is C33H20ClN3. The lowest BCUT2D eigenvalue weighted by Gasteiger charge is -2.10. The average molecular weight is 500 g/mol. The third-order valence-electron chi connectivity index (χ3n) is 6.27. The van der Waals surface area contributed by atoms with E-state index in [1.165, 1.54) is 0 Å². The molecule has 0 unspecified atom stereocenters. The number of fused-ring (bicyclic) bond motifs is 3. The van der Waals surface area contributed by atoms with Crippen molar-refractivity contribution in [3.63, 3.8) is 0 Å². The molecule has 174 valence electrons. The van der Waals surface area contributed by atoms with Gasteiger partial charge in [-0.2, -0.15) is 9.97 Å². The summed E-state index contributed by atoms with van der Waals surface area (Å²) in [7, 11) is 0. The molecule has 0 atom stereocenters. The van der Waals surface area contributed by atoms with Crippen molar-refractivity contribution in [1.29, 1.82) is 0 Å². The molecule has 0 fully saturated rings. The van der Waals surface area contributed by atoms with Crippen molar-refractivity contribution in [2.24, 2.45) is 0 Å². The van der Waals surface area contributed by atoms with Crippen LogP contribution in [0.15, 0.2) is 121 Å². The molecule has 7 rings (SSSR count). The van der Waals surface area contributed by atoms with E-state index in [1.54, 1.807) is 6.07 Å². The van der Waals surface area contributed by atoms with Gasteiger partial charge >= 0.3 is 0 Å². The van der Waals surface area contributed by atoms with Crippen molar-refractivity contribution in [2.45, 2.75) is 0 Å². The Hall–Kier alpha value is -4.60.